The number of carbonyl (C=O) groups is 2. The Bertz CT molecular complexity index is 883. The minimum Gasteiger partial charge on any atom is -0.496 e. The summed E-state index contributed by atoms with van der Waals surface area (Å²) in [6.07, 6.45) is 1.95. The van der Waals surface area contributed by atoms with Crippen LogP contribution >= 0.6 is 0 Å². The van der Waals surface area contributed by atoms with Crippen LogP contribution < -0.4 is 10.1 Å². The van der Waals surface area contributed by atoms with Crippen LogP contribution in [0.2, 0.25) is 0 Å². The summed E-state index contributed by atoms with van der Waals surface area (Å²) >= 11 is 0. The van der Waals surface area contributed by atoms with Crippen molar-refractivity contribution in [2.45, 2.75) is 37.1 Å². The van der Waals surface area contributed by atoms with Crippen LogP contribution in [0.1, 0.15) is 36.5 Å². The zero-order chi connectivity index (χ0) is 21.7. The van der Waals surface area contributed by atoms with E-state index in [-0.39, 0.29) is 41.4 Å². The highest BCUT2D eigenvalue weighted by Gasteiger charge is 2.30. The zero-order valence-corrected chi connectivity index (χ0v) is 18.2. The number of methoxy groups -OCH3 is 1. The number of hydrogen-bond donors (Lipinski definition) is 1. The van der Waals surface area contributed by atoms with Crippen molar-refractivity contribution in [3.8, 4) is 5.75 Å². The third kappa shape index (κ3) is 4.93. The predicted molar refractivity (Wildman–Crippen MR) is 110 cm³/mol. The molecule has 0 spiro atoms. The first-order valence-electron chi connectivity index (χ1n) is 10.2. The Hall–Kier alpha value is -2.17. The number of rotatable bonds is 6. The number of amides is 2. The molecular formula is C20H29N3O6S. The topological polar surface area (TPSA) is 105 Å². The SMILES string of the molecule is CCC(=O)NC1CCCN(C(=O)c2cc(S(=O)(=O)N3CCOCC3)ccc2OC)C1. The normalized spacial score (nSPS) is 20.6. The number of benzene rings is 1. The minimum absolute atomic E-state index is 0.0505. The average molecular weight is 440 g/mol. The van der Waals surface area contributed by atoms with Crippen molar-refractivity contribution < 1.29 is 27.5 Å². The molecule has 0 bridgehead atoms. The molecule has 0 saturated carbocycles. The summed E-state index contributed by atoms with van der Waals surface area (Å²) in [5, 5.41) is 2.93. The van der Waals surface area contributed by atoms with Crippen LogP contribution in [0.15, 0.2) is 23.1 Å². The number of hydrogen-bond acceptors (Lipinski definition) is 6. The van der Waals surface area contributed by atoms with E-state index >= 15 is 0 Å². The van der Waals surface area contributed by atoms with Crippen LogP contribution in [0.4, 0.5) is 0 Å². The van der Waals surface area contributed by atoms with Gasteiger partial charge in [0.1, 0.15) is 5.75 Å². The summed E-state index contributed by atoms with van der Waals surface area (Å²) in [5.74, 6) is -0.0348. The molecule has 2 aliphatic rings. The third-order valence-electron chi connectivity index (χ3n) is 5.40. The van der Waals surface area contributed by atoms with Gasteiger partial charge in [0.25, 0.3) is 5.91 Å². The molecule has 166 valence electrons. The number of sulfonamides is 1. The minimum atomic E-state index is -3.73. The fourth-order valence-electron chi connectivity index (χ4n) is 3.73. The highest BCUT2D eigenvalue weighted by molar-refractivity contribution is 7.89. The van der Waals surface area contributed by atoms with Crippen molar-refractivity contribution >= 4 is 21.8 Å². The van der Waals surface area contributed by atoms with Gasteiger partial charge in [0.2, 0.25) is 15.9 Å². The van der Waals surface area contributed by atoms with Crippen molar-refractivity contribution in [3.63, 3.8) is 0 Å². The van der Waals surface area contributed by atoms with Gasteiger partial charge in [-0.3, -0.25) is 9.59 Å². The monoisotopic (exact) mass is 439 g/mol. The van der Waals surface area contributed by atoms with E-state index in [2.05, 4.69) is 5.32 Å². The first-order chi connectivity index (χ1) is 14.4. The molecule has 1 atom stereocenters. The van der Waals surface area contributed by atoms with Gasteiger partial charge in [-0.05, 0) is 31.0 Å². The molecule has 2 heterocycles. The number of likely N-dealkylation sites (tertiary alicyclic amines) is 1. The second-order valence-electron chi connectivity index (χ2n) is 7.39. The summed E-state index contributed by atoms with van der Waals surface area (Å²) in [6, 6.07) is 4.25. The van der Waals surface area contributed by atoms with Crippen molar-refractivity contribution in [2.24, 2.45) is 0 Å². The Kier molecular flexibility index (Phi) is 7.32. The van der Waals surface area contributed by atoms with Crippen LogP contribution in [-0.4, -0.2) is 82.0 Å². The summed E-state index contributed by atoms with van der Waals surface area (Å²) in [4.78, 5) is 26.7. The number of ether oxygens (including phenoxy) is 2. The number of morpholine rings is 1. The summed E-state index contributed by atoms with van der Waals surface area (Å²) in [6.45, 7) is 3.96. The second-order valence-corrected chi connectivity index (χ2v) is 9.33. The van der Waals surface area contributed by atoms with Gasteiger partial charge in [-0.2, -0.15) is 4.31 Å². The number of nitrogens with zero attached hydrogens (tertiary/aromatic N) is 2. The molecule has 3 rings (SSSR count). The van der Waals surface area contributed by atoms with E-state index in [4.69, 9.17) is 9.47 Å². The highest BCUT2D eigenvalue weighted by atomic mass is 32.2. The van der Waals surface area contributed by atoms with Gasteiger partial charge in [0.05, 0.1) is 30.8 Å². The maximum absolute atomic E-state index is 13.2. The largest absolute Gasteiger partial charge is 0.496 e. The smallest absolute Gasteiger partial charge is 0.257 e. The van der Waals surface area contributed by atoms with Crippen molar-refractivity contribution in [1.29, 1.82) is 0 Å². The molecule has 1 N–H and O–H groups in total. The quantitative estimate of drug-likeness (QED) is 0.705. The molecule has 2 amide bonds. The maximum atomic E-state index is 13.2. The van der Waals surface area contributed by atoms with Crippen molar-refractivity contribution in [1.82, 2.24) is 14.5 Å². The molecule has 2 aliphatic heterocycles. The van der Waals surface area contributed by atoms with Crippen LogP contribution in [0.25, 0.3) is 0 Å². The highest BCUT2D eigenvalue weighted by Crippen LogP contribution is 2.27. The lowest BCUT2D eigenvalue weighted by Crippen LogP contribution is -2.49. The molecule has 9 nitrogen and oxygen atoms in total. The van der Waals surface area contributed by atoms with E-state index in [9.17, 15) is 18.0 Å². The van der Waals surface area contributed by atoms with Crippen LogP contribution in [0, 0.1) is 0 Å². The Labute approximate surface area is 177 Å². The molecule has 1 aromatic rings. The lowest BCUT2D eigenvalue weighted by molar-refractivity contribution is -0.121. The van der Waals surface area contributed by atoms with Crippen LogP contribution in [0.3, 0.4) is 0 Å². The fraction of sp³-hybridized carbons (Fsp3) is 0.600. The molecule has 0 radical (unpaired) electrons. The van der Waals surface area contributed by atoms with Gasteiger partial charge in [0, 0.05) is 38.6 Å². The predicted octanol–water partition coefficient (Wildman–Crippen LogP) is 0.847. The summed E-state index contributed by atoms with van der Waals surface area (Å²) in [5.41, 5.74) is 0.203. The van der Waals surface area contributed by atoms with E-state index in [0.717, 1.165) is 12.8 Å². The lowest BCUT2D eigenvalue weighted by Gasteiger charge is -2.33. The van der Waals surface area contributed by atoms with Gasteiger partial charge in [-0.15, -0.1) is 0 Å². The Balaban J connectivity index is 1.84. The van der Waals surface area contributed by atoms with Gasteiger partial charge in [0.15, 0.2) is 0 Å². The third-order valence-corrected chi connectivity index (χ3v) is 7.30. The standard InChI is InChI=1S/C20H29N3O6S/c1-3-19(24)21-15-5-4-8-22(14-15)20(25)17-13-16(6-7-18(17)28-2)30(26,27)23-9-11-29-12-10-23/h6-7,13,15H,3-5,8-12,14H2,1-2H3,(H,21,24). The van der Waals surface area contributed by atoms with Crippen LogP contribution in [0.5, 0.6) is 5.75 Å². The number of carbonyl (C=O) groups excluding carboxylic acids is 2. The Morgan fingerprint density at radius 2 is 1.97 bits per heavy atom. The summed E-state index contributed by atoms with van der Waals surface area (Å²) < 4.78 is 37.9. The maximum Gasteiger partial charge on any atom is 0.257 e. The Morgan fingerprint density at radius 1 is 1.23 bits per heavy atom. The van der Waals surface area contributed by atoms with Crippen molar-refractivity contribution in [2.75, 3.05) is 46.5 Å². The molecule has 10 heteroatoms. The van der Waals surface area contributed by atoms with Crippen molar-refractivity contribution in [3.05, 3.63) is 23.8 Å². The van der Waals surface area contributed by atoms with Gasteiger partial charge >= 0.3 is 0 Å². The number of piperidine rings is 1. The molecule has 0 aromatic heterocycles. The first kappa shape index (κ1) is 22.5. The molecule has 2 saturated heterocycles. The van der Waals surface area contributed by atoms with E-state index in [1.165, 1.54) is 29.6 Å². The number of nitrogens with one attached hydrogen (secondary N) is 1. The molecule has 1 unspecified atom stereocenters. The molecular weight excluding hydrogens is 410 g/mol. The average Bonchev–Trinajstić information content (AvgIpc) is 2.78. The van der Waals surface area contributed by atoms with E-state index in [1.54, 1.807) is 11.8 Å². The van der Waals surface area contributed by atoms with E-state index in [1.807, 2.05) is 0 Å². The van der Waals surface area contributed by atoms with E-state index < -0.39 is 10.0 Å². The molecule has 0 aliphatic carbocycles. The Morgan fingerprint density at radius 3 is 2.63 bits per heavy atom. The molecule has 1 aromatic carbocycles. The van der Waals surface area contributed by atoms with Crippen LogP contribution in [-0.2, 0) is 19.6 Å². The van der Waals surface area contributed by atoms with Gasteiger partial charge in [-0.25, -0.2) is 8.42 Å². The lowest BCUT2D eigenvalue weighted by atomic mass is 10.0. The fourth-order valence-corrected chi connectivity index (χ4v) is 5.16. The second kappa shape index (κ2) is 9.76. The first-order valence-corrected chi connectivity index (χ1v) is 11.7. The zero-order valence-electron chi connectivity index (χ0n) is 17.4. The van der Waals surface area contributed by atoms with Gasteiger partial charge < -0.3 is 19.7 Å². The molecule has 30 heavy (non-hydrogen) atoms. The van der Waals surface area contributed by atoms with Gasteiger partial charge in [-0.1, -0.05) is 6.92 Å². The molecule has 2 fully saturated rings. The van der Waals surface area contributed by atoms with E-state index in [0.29, 0.717) is 38.5 Å². The summed E-state index contributed by atoms with van der Waals surface area (Å²) in [7, 11) is -2.29.